The van der Waals surface area contributed by atoms with Crippen LogP contribution < -0.4 is 4.74 Å². The number of fused-ring (bicyclic) bond motifs is 3. The zero-order chi connectivity index (χ0) is 13.7. The average molecular weight is 266 g/mol. The fraction of sp³-hybridized carbons (Fsp3) is 0.235. The minimum atomic E-state index is -0.660. The van der Waals surface area contributed by atoms with Crippen LogP contribution in [0.4, 0.5) is 0 Å². The summed E-state index contributed by atoms with van der Waals surface area (Å²) in [6, 6.07) is 17.8. The summed E-state index contributed by atoms with van der Waals surface area (Å²) in [5.41, 5.74) is 1.41. The Bertz CT molecular complexity index is 680. The van der Waals surface area contributed by atoms with E-state index in [0.717, 1.165) is 16.9 Å². The van der Waals surface area contributed by atoms with E-state index in [1.807, 2.05) is 54.6 Å². The van der Waals surface area contributed by atoms with Crippen LogP contribution in [0.25, 0.3) is 0 Å². The Morgan fingerprint density at radius 1 is 1.10 bits per heavy atom. The van der Waals surface area contributed by atoms with Crippen molar-refractivity contribution in [1.82, 2.24) is 0 Å². The molecule has 2 aliphatic rings. The molecule has 3 heteroatoms. The molecule has 2 aromatic carbocycles. The first-order valence-electron chi connectivity index (χ1n) is 6.69. The van der Waals surface area contributed by atoms with Crippen LogP contribution in [0.2, 0.25) is 0 Å². The Balaban J connectivity index is 1.86. The van der Waals surface area contributed by atoms with Gasteiger partial charge in [-0.3, -0.25) is 4.79 Å². The number of methoxy groups -OCH3 is 1. The molecule has 3 atom stereocenters. The lowest BCUT2D eigenvalue weighted by Gasteiger charge is -2.14. The van der Waals surface area contributed by atoms with Gasteiger partial charge in [0.25, 0.3) is 0 Å². The lowest BCUT2D eigenvalue weighted by atomic mass is 9.90. The Kier molecular flexibility index (Phi) is 2.22. The summed E-state index contributed by atoms with van der Waals surface area (Å²) in [5, 5.41) is 0. The van der Waals surface area contributed by atoms with Crippen molar-refractivity contribution >= 4 is 5.97 Å². The van der Waals surface area contributed by atoms with Crippen LogP contribution >= 0.6 is 0 Å². The molecule has 0 spiro atoms. The lowest BCUT2D eigenvalue weighted by Crippen LogP contribution is -2.24. The molecule has 1 heterocycles. The molecule has 0 radical (unpaired) electrons. The Labute approximate surface area is 117 Å². The normalized spacial score (nSPS) is 29.1. The molecule has 0 saturated heterocycles. The van der Waals surface area contributed by atoms with Crippen LogP contribution in [0.5, 0.6) is 5.75 Å². The van der Waals surface area contributed by atoms with Gasteiger partial charge in [-0.25, -0.2) is 0 Å². The minimum absolute atomic E-state index is 0.0473. The predicted octanol–water partition coefficient (Wildman–Crippen LogP) is 2.66. The number of benzene rings is 2. The predicted molar refractivity (Wildman–Crippen MR) is 73.7 cm³/mol. The number of esters is 1. The molecule has 1 saturated carbocycles. The van der Waals surface area contributed by atoms with Crippen molar-refractivity contribution < 1.29 is 14.3 Å². The fourth-order valence-corrected chi connectivity index (χ4v) is 3.51. The van der Waals surface area contributed by atoms with Gasteiger partial charge in [-0.15, -0.1) is 0 Å². The highest BCUT2D eigenvalue weighted by molar-refractivity contribution is 5.93. The highest BCUT2D eigenvalue weighted by atomic mass is 16.5. The topological polar surface area (TPSA) is 35.5 Å². The number of carbonyl (C=O) groups excluding carboxylic acids is 1. The molecular formula is C17H14O3. The molecule has 0 aromatic heterocycles. The van der Waals surface area contributed by atoms with Crippen LogP contribution in [0.15, 0.2) is 54.6 Å². The van der Waals surface area contributed by atoms with Crippen molar-refractivity contribution in [2.75, 3.05) is 7.11 Å². The van der Waals surface area contributed by atoms with Gasteiger partial charge in [0.05, 0.1) is 7.11 Å². The van der Waals surface area contributed by atoms with E-state index in [2.05, 4.69) is 0 Å². The molecule has 2 aromatic rings. The average Bonchev–Trinajstić information content (AvgIpc) is 3.05. The maximum Gasteiger partial charge on any atom is 0.321 e. The molecule has 4 rings (SSSR count). The van der Waals surface area contributed by atoms with E-state index in [0.29, 0.717) is 0 Å². The van der Waals surface area contributed by atoms with Gasteiger partial charge in [-0.1, -0.05) is 48.5 Å². The summed E-state index contributed by atoms with van der Waals surface area (Å²) >= 11 is 0. The molecule has 3 nitrogen and oxygen atoms in total. The third kappa shape index (κ3) is 1.22. The summed E-state index contributed by atoms with van der Waals surface area (Å²) in [6.45, 7) is 0. The number of ether oxygens (including phenoxy) is 2. The van der Waals surface area contributed by atoms with E-state index in [1.54, 1.807) is 0 Å². The third-order valence-corrected chi connectivity index (χ3v) is 4.40. The molecule has 1 fully saturated rings. The highest BCUT2D eigenvalue weighted by Gasteiger charge is 2.78. The van der Waals surface area contributed by atoms with Crippen molar-refractivity contribution in [2.45, 2.75) is 17.4 Å². The van der Waals surface area contributed by atoms with Gasteiger partial charge in [0.2, 0.25) is 0 Å². The number of rotatable bonds is 2. The third-order valence-electron chi connectivity index (χ3n) is 4.40. The van der Waals surface area contributed by atoms with Crippen LogP contribution in [0.3, 0.4) is 0 Å². The zero-order valence-corrected chi connectivity index (χ0v) is 11.1. The summed E-state index contributed by atoms with van der Waals surface area (Å²) in [5.74, 6) is 0.641. The molecule has 1 aliphatic carbocycles. The van der Waals surface area contributed by atoms with Crippen LogP contribution in [0.1, 0.15) is 17.0 Å². The van der Waals surface area contributed by atoms with Crippen molar-refractivity contribution in [3.8, 4) is 5.75 Å². The molecule has 0 unspecified atom stereocenters. The van der Waals surface area contributed by atoms with Crippen molar-refractivity contribution in [3.63, 3.8) is 0 Å². The largest absolute Gasteiger partial charge is 0.488 e. The van der Waals surface area contributed by atoms with E-state index in [-0.39, 0.29) is 18.0 Å². The van der Waals surface area contributed by atoms with Crippen LogP contribution in [-0.2, 0) is 14.9 Å². The standard InChI is InChI=1S/C17H14O3/c1-19-16(18)17-12-9-5-6-10-13(12)20-15(17)14(17)11-7-3-2-4-8-11/h2-10,14-15H,1H3/t14-,15+,17+/m0/s1. The molecule has 0 N–H and O–H groups in total. The van der Waals surface area contributed by atoms with Gasteiger partial charge in [0, 0.05) is 11.5 Å². The van der Waals surface area contributed by atoms with E-state index >= 15 is 0 Å². The summed E-state index contributed by atoms with van der Waals surface area (Å²) < 4.78 is 11.0. The lowest BCUT2D eigenvalue weighted by molar-refractivity contribution is -0.144. The monoisotopic (exact) mass is 266 g/mol. The second-order valence-corrected chi connectivity index (χ2v) is 5.28. The Hall–Kier alpha value is -2.29. The number of carbonyl (C=O) groups is 1. The Morgan fingerprint density at radius 3 is 2.55 bits per heavy atom. The summed E-state index contributed by atoms with van der Waals surface area (Å²) in [7, 11) is 1.44. The fourth-order valence-electron chi connectivity index (χ4n) is 3.51. The minimum Gasteiger partial charge on any atom is -0.488 e. The SMILES string of the molecule is COC(=O)[C@@]12c3ccccc3O[C@@H]1[C@@H]2c1ccccc1. The second kappa shape index (κ2) is 3.85. The van der Waals surface area contributed by atoms with Crippen molar-refractivity contribution in [2.24, 2.45) is 0 Å². The molecule has 1 aliphatic heterocycles. The zero-order valence-electron chi connectivity index (χ0n) is 11.1. The Morgan fingerprint density at radius 2 is 1.80 bits per heavy atom. The van der Waals surface area contributed by atoms with Gasteiger partial charge in [0.1, 0.15) is 17.3 Å². The second-order valence-electron chi connectivity index (χ2n) is 5.28. The van der Waals surface area contributed by atoms with E-state index < -0.39 is 5.41 Å². The maximum absolute atomic E-state index is 12.4. The maximum atomic E-state index is 12.4. The van der Waals surface area contributed by atoms with E-state index in [1.165, 1.54) is 7.11 Å². The first kappa shape index (κ1) is 11.5. The van der Waals surface area contributed by atoms with E-state index in [4.69, 9.17) is 9.47 Å². The number of para-hydroxylation sites is 1. The van der Waals surface area contributed by atoms with Gasteiger partial charge in [-0.2, -0.15) is 0 Å². The molecule has 0 amide bonds. The number of hydrogen-bond donors (Lipinski definition) is 0. The van der Waals surface area contributed by atoms with Crippen LogP contribution in [-0.4, -0.2) is 19.2 Å². The first-order valence-corrected chi connectivity index (χ1v) is 6.69. The van der Waals surface area contributed by atoms with Crippen LogP contribution in [0, 0.1) is 0 Å². The smallest absolute Gasteiger partial charge is 0.321 e. The molecule has 100 valence electrons. The quantitative estimate of drug-likeness (QED) is 0.784. The highest BCUT2D eigenvalue weighted by Crippen LogP contribution is 2.68. The summed E-state index contributed by atoms with van der Waals surface area (Å²) in [6.07, 6.45) is -0.144. The molecular weight excluding hydrogens is 252 g/mol. The first-order chi connectivity index (χ1) is 9.80. The van der Waals surface area contributed by atoms with Gasteiger partial charge in [-0.05, 0) is 11.6 Å². The van der Waals surface area contributed by atoms with Crippen molar-refractivity contribution in [1.29, 1.82) is 0 Å². The van der Waals surface area contributed by atoms with E-state index in [9.17, 15) is 4.79 Å². The van der Waals surface area contributed by atoms with Gasteiger partial charge in [0.15, 0.2) is 0 Å². The molecule has 0 bridgehead atoms. The summed E-state index contributed by atoms with van der Waals surface area (Å²) in [4.78, 5) is 12.4. The van der Waals surface area contributed by atoms with Gasteiger partial charge >= 0.3 is 5.97 Å². The van der Waals surface area contributed by atoms with Crippen molar-refractivity contribution in [3.05, 3.63) is 65.7 Å². The molecule has 20 heavy (non-hydrogen) atoms. The van der Waals surface area contributed by atoms with Gasteiger partial charge < -0.3 is 9.47 Å². The number of hydrogen-bond acceptors (Lipinski definition) is 3.